The van der Waals surface area contributed by atoms with Crippen LogP contribution in [0.1, 0.15) is 38.5 Å². The van der Waals surface area contributed by atoms with Crippen LogP contribution in [0.5, 0.6) is 5.75 Å². The summed E-state index contributed by atoms with van der Waals surface area (Å²) in [4.78, 5) is 17.0. The predicted octanol–water partition coefficient (Wildman–Crippen LogP) is 2.73. The summed E-state index contributed by atoms with van der Waals surface area (Å²) in [6.07, 6.45) is 5.60. The molecule has 7 heteroatoms. The van der Waals surface area contributed by atoms with E-state index in [1.165, 1.54) is 32.1 Å². The highest BCUT2D eigenvalue weighted by molar-refractivity contribution is 7.80. The van der Waals surface area contributed by atoms with Gasteiger partial charge < -0.3 is 24.4 Å². The van der Waals surface area contributed by atoms with Crippen LogP contribution in [0.3, 0.4) is 0 Å². The molecule has 0 amide bonds. The number of nitrogens with zero attached hydrogens (tertiary/aromatic N) is 2. The number of methoxy groups -OCH3 is 1. The van der Waals surface area contributed by atoms with Crippen molar-refractivity contribution in [2.24, 2.45) is 11.8 Å². The lowest BCUT2D eigenvalue weighted by Gasteiger charge is -2.49. The third-order valence-electron chi connectivity index (χ3n) is 7.17. The smallest absolute Gasteiger partial charge is 0.311 e. The van der Waals surface area contributed by atoms with Crippen molar-refractivity contribution in [3.63, 3.8) is 0 Å². The van der Waals surface area contributed by atoms with Crippen molar-refractivity contribution < 1.29 is 19.4 Å². The zero-order chi connectivity index (χ0) is 20.1. The molecule has 3 saturated heterocycles. The highest BCUT2D eigenvalue weighted by atomic mass is 32.1. The van der Waals surface area contributed by atoms with Gasteiger partial charge in [0.25, 0.3) is 0 Å². The number of aliphatic hydroxyl groups is 1. The summed E-state index contributed by atoms with van der Waals surface area (Å²) in [6, 6.07) is 7.66. The quantitative estimate of drug-likeness (QED) is 0.598. The van der Waals surface area contributed by atoms with Crippen LogP contribution >= 0.6 is 12.2 Å². The zero-order valence-corrected chi connectivity index (χ0v) is 17.5. The second kappa shape index (κ2) is 7.43. The monoisotopic (exact) mass is 416 g/mol. The minimum atomic E-state index is -0.619. The number of carbonyl (C=O) groups is 1. The van der Waals surface area contributed by atoms with E-state index < -0.39 is 12.2 Å². The van der Waals surface area contributed by atoms with Crippen molar-refractivity contribution >= 4 is 29.0 Å². The summed E-state index contributed by atoms with van der Waals surface area (Å²) in [5, 5.41) is 11.4. The molecule has 5 aliphatic rings. The average molecular weight is 417 g/mol. The molecule has 5 unspecified atom stereocenters. The van der Waals surface area contributed by atoms with Gasteiger partial charge in [-0.25, -0.2) is 0 Å². The molecule has 0 radical (unpaired) electrons. The van der Waals surface area contributed by atoms with Gasteiger partial charge in [-0.3, -0.25) is 4.79 Å². The maximum atomic E-state index is 12.6. The number of hydrogen-bond acceptors (Lipinski definition) is 5. The Hall–Kier alpha value is -1.86. The van der Waals surface area contributed by atoms with E-state index in [-0.39, 0.29) is 24.0 Å². The third kappa shape index (κ3) is 3.10. The molecule has 6 rings (SSSR count). The maximum absolute atomic E-state index is 12.6. The van der Waals surface area contributed by atoms with Crippen molar-refractivity contribution in [2.45, 2.75) is 62.8 Å². The number of benzene rings is 1. The predicted molar refractivity (Wildman–Crippen MR) is 113 cm³/mol. The number of fused-ring (bicyclic) bond motifs is 2. The lowest BCUT2D eigenvalue weighted by atomic mass is 9.74. The Kier molecular flexibility index (Phi) is 4.90. The second-order valence-corrected chi connectivity index (χ2v) is 9.16. The van der Waals surface area contributed by atoms with E-state index in [2.05, 4.69) is 9.80 Å². The van der Waals surface area contributed by atoms with Gasteiger partial charge in [-0.05, 0) is 61.7 Å². The summed E-state index contributed by atoms with van der Waals surface area (Å²) in [5.41, 5.74) is 0.965. The number of anilines is 1. The van der Waals surface area contributed by atoms with Gasteiger partial charge >= 0.3 is 5.97 Å². The molecule has 1 N–H and O–H groups in total. The average Bonchev–Trinajstić information content (AvgIpc) is 3.03. The molecule has 2 aliphatic carbocycles. The molecule has 6 nitrogen and oxygen atoms in total. The fraction of sp³-hybridized carbons (Fsp3) is 0.636. The number of esters is 1. The van der Waals surface area contributed by atoms with Gasteiger partial charge in [0.1, 0.15) is 11.9 Å². The van der Waals surface area contributed by atoms with Crippen LogP contribution in [-0.4, -0.2) is 59.0 Å². The van der Waals surface area contributed by atoms with Crippen LogP contribution in [0.15, 0.2) is 24.3 Å². The largest absolute Gasteiger partial charge is 0.497 e. The summed E-state index contributed by atoms with van der Waals surface area (Å²) < 4.78 is 11.0. The Morgan fingerprint density at radius 2 is 1.90 bits per heavy atom. The number of hydrogen-bond donors (Lipinski definition) is 1. The van der Waals surface area contributed by atoms with Crippen molar-refractivity contribution in [3.8, 4) is 5.75 Å². The molecule has 3 aliphatic heterocycles. The van der Waals surface area contributed by atoms with Crippen molar-refractivity contribution in [3.05, 3.63) is 24.3 Å². The molecule has 2 bridgehead atoms. The molecule has 1 aromatic carbocycles. The van der Waals surface area contributed by atoms with Gasteiger partial charge in [0.2, 0.25) is 0 Å². The normalized spacial score (nSPS) is 34.3. The fourth-order valence-corrected chi connectivity index (χ4v) is 6.18. The molecule has 0 aromatic heterocycles. The Bertz CT molecular complexity index is 795. The topological polar surface area (TPSA) is 62.2 Å². The van der Waals surface area contributed by atoms with Gasteiger partial charge in [0.05, 0.1) is 31.2 Å². The number of carbonyl (C=O) groups excluding carboxylic acids is 1. The first-order valence-corrected chi connectivity index (χ1v) is 11.1. The maximum Gasteiger partial charge on any atom is 0.311 e. The molecule has 2 saturated carbocycles. The van der Waals surface area contributed by atoms with E-state index in [9.17, 15) is 9.90 Å². The number of aliphatic hydroxyl groups excluding tert-OH is 1. The van der Waals surface area contributed by atoms with Crippen LogP contribution in [-0.2, 0) is 9.53 Å². The summed E-state index contributed by atoms with van der Waals surface area (Å²) in [6.45, 7) is 0.875. The lowest BCUT2D eigenvalue weighted by molar-refractivity contribution is -0.194. The van der Waals surface area contributed by atoms with E-state index in [1.807, 2.05) is 24.3 Å². The molecular weight excluding hydrogens is 388 g/mol. The van der Waals surface area contributed by atoms with Gasteiger partial charge in [-0.1, -0.05) is 19.3 Å². The number of thiocarbonyl (C=S) groups is 1. The van der Waals surface area contributed by atoms with Crippen LogP contribution in [0.4, 0.5) is 5.69 Å². The minimum Gasteiger partial charge on any atom is -0.497 e. The van der Waals surface area contributed by atoms with Crippen LogP contribution < -0.4 is 9.64 Å². The summed E-state index contributed by atoms with van der Waals surface area (Å²) in [5.74, 6) is 0.819. The lowest BCUT2D eigenvalue weighted by Crippen LogP contribution is -2.66. The Balaban J connectivity index is 1.51. The third-order valence-corrected chi connectivity index (χ3v) is 7.60. The van der Waals surface area contributed by atoms with Gasteiger partial charge in [0.15, 0.2) is 5.11 Å². The van der Waals surface area contributed by atoms with Crippen molar-refractivity contribution in [2.75, 3.05) is 18.6 Å². The van der Waals surface area contributed by atoms with Gasteiger partial charge in [-0.2, -0.15) is 0 Å². The summed E-state index contributed by atoms with van der Waals surface area (Å²) >= 11 is 5.97. The molecule has 5 atom stereocenters. The van der Waals surface area contributed by atoms with Crippen LogP contribution in [0, 0.1) is 11.8 Å². The first kappa shape index (κ1) is 19.1. The summed E-state index contributed by atoms with van der Waals surface area (Å²) in [7, 11) is 1.65. The number of ether oxygens (including phenoxy) is 2. The van der Waals surface area contributed by atoms with E-state index >= 15 is 0 Å². The molecule has 3 heterocycles. The highest BCUT2D eigenvalue weighted by Gasteiger charge is 2.63. The van der Waals surface area contributed by atoms with Crippen LogP contribution in [0.2, 0.25) is 0 Å². The number of rotatable bonds is 4. The minimum absolute atomic E-state index is 0.0852. The van der Waals surface area contributed by atoms with E-state index in [0.717, 1.165) is 23.1 Å². The zero-order valence-electron chi connectivity index (χ0n) is 16.7. The van der Waals surface area contributed by atoms with Crippen LogP contribution in [0.25, 0.3) is 0 Å². The first-order valence-electron chi connectivity index (χ1n) is 10.7. The molecule has 29 heavy (non-hydrogen) atoms. The van der Waals surface area contributed by atoms with E-state index in [1.54, 1.807) is 7.11 Å². The van der Waals surface area contributed by atoms with E-state index in [4.69, 9.17) is 21.7 Å². The Morgan fingerprint density at radius 3 is 2.59 bits per heavy atom. The first-order chi connectivity index (χ1) is 14.1. The van der Waals surface area contributed by atoms with Gasteiger partial charge in [0, 0.05) is 12.2 Å². The Morgan fingerprint density at radius 1 is 1.17 bits per heavy atom. The van der Waals surface area contributed by atoms with Crippen molar-refractivity contribution in [1.29, 1.82) is 0 Å². The standard InChI is InChI=1S/C22H28N2O4S/c1-27-15-9-7-14(8-10-15)24-18-16-11-17(25)20(28-21(16)26)19(18)23(22(24)29)12-13-5-3-2-4-6-13/h7-10,13,16-20,25H,2-6,11-12H2,1H3. The molecule has 156 valence electrons. The molecular formula is C22H28N2O4S. The Labute approximate surface area is 176 Å². The second-order valence-electron chi connectivity index (χ2n) is 8.80. The molecule has 1 aromatic rings. The SMILES string of the molecule is COc1ccc(N2C(=S)N(CC3CCCCC3)C3C4OC(=O)C(CC4O)C32)cc1. The molecule has 0 spiro atoms. The van der Waals surface area contributed by atoms with E-state index in [0.29, 0.717) is 12.3 Å². The van der Waals surface area contributed by atoms with Crippen molar-refractivity contribution in [1.82, 2.24) is 4.90 Å². The van der Waals surface area contributed by atoms with Gasteiger partial charge in [-0.15, -0.1) is 0 Å². The fourth-order valence-electron chi connectivity index (χ4n) is 5.76. The molecule has 5 fully saturated rings. The highest BCUT2D eigenvalue weighted by Crippen LogP contribution is 2.46.